The highest BCUT2D eigenvalue weighted by Gasteiger charge is 2.53. The molecule has 5 nitrogen and oxygen atoms in total. The van der Waals surface area contributed by atoms with Gasteiger partial charge in [0.15, 0.2) is 0 Å². The number of rotatable bonds is 4. The monoisotopic (exact) mass is 338 g/mol. The summed E-state index contributed by atoms with van der Waals surface area (Å²) in [7, 11) is 5.45. The zero-order valence-corrected chi connectivity index (χ0v) is 14.6. The highest BCUT2D eigenvalue weighted by Crippen LogP contribution is 2.40. The van der Waals surface area contributed by atoms with E-state index in [-0.39, 0.29) is 11.4 Å². The van der Waals surface area contributed by atoms with Crippen LogP contribution in [0.5, 0.6) is 5.75 Å². The van der Waals surface area contributed by atoms with Crippen molar-refractivity contribution in [1.82, 2.24) is 9.80 Å². The molecule has 1 aromatic carbocycles. The molecule has 126 valence electrons. The Morgan fingerprint density at radius 2 is 2.13 bits per heavy atom. The van der Waals surface area contributed by atoms with E-state index in [4.69, 9.17) is 21.1 Å². The molecule has 0 saturated carbocycles. The number of carbonyl (C=O) groups excluding carboxylic acids is 1. The van der Waals surface area contributed by atoms with Crippen LogP contribution in [0, 0.1) is 5.92 Å². The molecule has 0 bridgehead atoms. The Morgan fingerprint density at radius 3 is 2.74 bits per heavy atom. The summed E-state index contributed by atoms with van der Waals surface area (Å²) in [5.74, 6) is 1.17. The molecule has 0 aromatic heterocycles. The Morgan fingerprint density at radius 1 is 1.39 bits per heavy atom. The first kappa shape index (κ1) is 16.6. The number of ether oxygens (including phenoxy) is 2. The number of hydrogen-bond donors (Lipinski definition) is 0. The maximum Gasteiger partial charge on any atom is 0.254 e. The maximum absolute atomic E-state index is 12.6. The van der Waals surface area contributed by atoms with Crippen molar-refractivity contribution >= 4 is 17.5 Å². The van der Waals surface area contributed by atoms with Gasteiger partial charge in [0, 0.05) is 32.3 Å². The zero-order chi connectivity index (χ0) is 16.6. The van der Waals surface area contributed by atoms with Crippen molar-refractivity contribution in [3.05, 3.63) is 28.8 Å². The van der Waals surface area contributed by atoms with Gasteiger partial charge in [0.25, 0.3) is 5.91 Å². The van der Waals surface area contributed by atoms with Crippen molar-refractivity contribution in [2.45, 2.75) is 12.0 Å². The van der Waals surface area contributed by atoms with E-state index in [9.17, 15) is 4.79 Å². The molecule has 2 aliphatic rings. The van der Waals surface area contributed by atoms with Crippen LogP contribution in [-0.2, 0) is 4.74 Å². The van der Waals surface area contributed by atoms with Crippen molar-refractivity contribution in [2.24, 2.45) is 5.92 Å². The van der Waals surface area contributed by atoms with Crippen molar-refractivity contribution in [3.8, 4) is 5.75 Å². The van der Waals surface area contributed by atoms with Crippen LogP contribution in [0.4, 0.5) is 0 Å². The average Bonchev–Trinajstić information content (AvgIpc) is 2.82. The van der Waals surface area contributed by atoms with Gasteiger partial charge in [-0.25, -0.2) is 0 Å². The normalized spacial score (nSPS) is 23.1. The van der Waals surface area contributed by atoms with Gasteiger partial charge in [-0.3, -0.25) is 9.69 Å². The third kappa shape index (κ3) is 2.93. The molecule has 3 rings (SSSR count). The molecule has 1 aromatic rings. The molecule has 2 fully saturated rings. The molecule has 0 radical (unpaired) electrons. The van der Waals surface area contributed by atoms with Gasteiger partial charge in [0.2, 0.25) is 0 Å². The SMILES string of the molecule is COC[C@H]1CN(C)C2(C1)CN(C(=O)c1ccc(OC)c(Cl)c1)C2. The summed E-state index contributed by atoms with van der Waals surface area (Å²) in [6.45, 7) is 3.36. The van der Waals surface area contributed by atoms with Gasteiger partial charge in [-0.05, 0) is 37.6 Å². The minimum Gasteiger partial charge on any atom is -0.495 e. The number of likely N-dealkylation sites (tertiary alicyclic amines) is 2. The second kappa shape index (κ2) is 6.30. The third-order valence-corrected chi connectivity index (χ3v) is 5.36. The predicted octanol–water partition coefficient (Wildman–Crippen LogP) is 2.14. The Labute approximate surface area is 142 Å². The van der Waals surface area contributed by atoms with Crippen LogP contribution in [0.25, 0.3) is 0 Å². The molecule has 2 heterocycles. The topological polar surface area (TPSA) is 42.0 Å². The number of methoxy groups -OCH3 is 2. The lowest BCUT2D eigenvalue weighted by Gasteiger charge is -2.52. The first-order valence-corrected chi connectivity index (χ1v) is 8.20. The summed E-state index contributed by atoms with van der Waals surface area (Å²) >= 11 is 6.12. The first-order valence-electron chi connectivity index (χ1n) is 7.82. The summed E-state index contributed by atoms with van der Waals surface area (Å²) in [5, 5.41) is 0.465. The molecule has 1 amide bonds. The van der Waals surface area contributed by atoms with Gasteiger partial charge in [-0.1, -0.05) is 11.6 Å². The standard InChI is InChI=1S/C17H23ClN2O3/c1-19-8-12(9-22-2)7-17(19)10-20(11-17)16(21)13-4-5-15(23-3)14(18)6-13/h4-6,12H,7-11H2,1-3H3/t12-/m1/s1. The first-order chi connectivity index (χ1) is 11.0. The highest BCUT2D eigenvalue weighted by molar-refractivity contribution is 6.32. The van der Waals surface area contributed by atoms with Gasteiger partial charge in [0.1, 0.15) is 5.75 Å². The highest BCUT2D eigenvalue weighted by atomic mass is 35.5. The Hall–Kier alpha value is -1.30. The van der Waals surface area contributed by atoms with E-state index in [0.717, 1.165) is 32.7 Å². The fourth-order valence-corrected chi connectivity index (χ4v) is 4.10. The third-order valence-electron chi connectivity index (χ3n) is 5.07. The summed E-state index contributed by atoms with van der Waals surface area (Å²) in [4.78, 5) is 16.9. The minimum atomic E-state index is 0.0313. The predicted molar refractivity (Wildman–Crippen MR) is 89.3 cm³/mol. The molecule has 0 aliphatic carbocycles. The molecule has 2 saturated heterocycles. The summed E-state index contributed by atoms with van der Waals surface area (Å²) in [6, 6.07) is 5.19. The van der Waals surface area contributed by atoms with E-state index in [1.807, 2.05) is 4.90 Å². The number of likely N-dealkylation sites (N-methyl/N-ethyl adjacent to an activating group) is 1. The fourth-order valence-electron chi connectivity index (χ4n) is 3.85. The van der Waals surface area contributed by atoms with Gasteiger partial charge in [-0.2, -0.15) is 0 Å². The van der Waals surface area contributed by atoms with E-state index < -0.39 is 0 Å². The second-order valence-corrected chi connectivity index (χ2v) is 7.05. The quantitative estimate of drug-likeness (QED) is 0.843. The van der Waals surface area contributed by atoms with Gasteiger partial charge >= 0.3 is 0 Å². The fraction of sp³-hybridized carbons (Fsp3) is 0.588. The van der Waals surface area contributed by atoms with Crippen molar-refractivity contribution < 1.29 is 14.3 Å². The molecule has 6 heteroatoms. The van der Waals surface area contributed by atoms with E-state index in [2.05, 4.69) is 11.9 Å². The lowest BCUT2D eigenvalue weighted by Crippen LogP contribution is -2.68. The van der Waals surface area contributed by atoms with Crippen LogP contribution in [0.15, 0.2) is 18.2 Å². The number of halogens is 1. The van der Waals surface area contributed by atoms with Crippen molar-refractivity contribution in [2.75, 3.05) is 47.5 Å². The lowest BCUT2D eigenvalue weighted by molar-refractivity contribution is -0.00784. The molecular formula is C17H23ClN2O3. The van der Waals surface area contributed by atoms with Crippen LogP contribution in [-0.4, -0.2) is 68.8 Å². The van der Waals surface area contributed by atoms with Crippen LogP contribution >= 0.6 is 11.6 Å². The number of nitrogens with zero attached hydrogens (tertiary/aromatic N) is 2. The molecule has 0 N–H and O–H groups in total. The van der Waals surface area contributed by atoms with E-state index in [1.54, 1.807) is 32.4 Å². The molecule has 23 heavy (non-hydrogen) atoms. The van der Waals surface area contributed by atoms with Crippen LogP contribution in [0.1, 0.15) is 16.8 Å². The second-order valence-electron chi connectivity index (χ2n) is 6.64. The average molecular weight is 339 g/mol. The van der Waals surface area contributed by atoms with Crippen LogP contribution in [0.2, 0.25) is 5.02 Å². The molecular weight excluding hydrogens is 316 g/mol. The van der Waals surface area contributed by atoms with E-state index in [1.165, 1.54) is 0 Å². The van der Waals surface area contributed by atoms with Crippen molar-refractivity contribution in [1.29, 1.82) is 0 Å². The maximum atomic E-state index is 12.6. The Kier molecular flexibility index (Phi) is 4.54. The number of hydrogen-bond acceptors (Lipinski definition) is 4. The molecule has 1 atom stereocenters. The smallest absolute Gasteiger partial charge is 0.254 e. The van der Waals surface area contributed by atoms with Gasteiger partial charge < -0.3 is 14.4 Å². The lowest BCUT2D eigenvalue weighted by atomic mass is 9.84. The minimum absolute atomic E-state index is 0.0313. The van der Waals surface area contributed by atoms with Crippen LogP contribution < -0.4 is 4.74 Å². The molecule has 2 aliphatic heterocycles. The Bertz CT molecular complexity index is 602. The van der Waals surface area contributed by atoms with Gasteiger partial charge in [-0.15, -0.1) is 0 Å². The summed E-state index contributed by atoms with van der Waals surface area (Å²) in [6.07, 6.45) is 1.09. The van der Waals surface area contributed by atoms with E-state index >= 15 is 0 Å². The largest absolute Gasteiger partial charge is 0.495 e. The van der Waals surface area contributed by atoms with Gasteiger partial charge in [0.05, 0.1) is 24.3 Å². The summed E-state index contributed by atoms with van der Waals surface area (Å²) in [5.41, 5.74) is 0.731. The molecule has 1 spiro atoms. The molecule has 0 unspecified atom stereocenters. The van der Waals surface area contributed by atoms with Crippen LogP contribution in [0.3, 0.4) is 0 Å². The summed E-state index contributed by atoms with van der Waals surface area (Å²) < 4.78 is 10.4. The number of carbonyl (C=O) groups is 1. The van der Waals surface area contributed by atoms with Crippen molar-refractivity contribution in [3.63, 3.8) is 0 Å². The number of benzene rings is 1. The number of amides is 1. The Balaban J connectivity index is 1.65. The zero-order valence-electron chi connectivity index (χ0n) is 13.8. The van der Waals surface area contributed by atoms with E-state index in [0.29, 0.717) is 22.3 Å².